The lowest BCUT2D eigenvalue weighted by Crippen LogP contribution is -2.38. The van der Waals surface area contributed by atoms with Crippen molar-refractivity contribution >= 4 is 11.6 Å². The van der Waals surface area contributed by atoms with Crippen LogP contribution in [0.1, 0.15) is 47.7 Å². The summed E-state index contributed by atoms with van der Waals surface area (Å²) in [5.74, 6) is 0.0467. The van der Waals surface area contributed by atoms with E-state index < -0.39 is 0 Å². The number of aromatic hydroxyl groups is 1. The van der Waals surface area contributed by atoms with E-state index >= 15 is 0 Å². The number of halogens is 1. The summed E-state index contributed by atoms with van der Waals surface area (Å²) in [6.07, 6.45) is 6.84. The molecule has 5 nitrogen and oxygen atoms in total. The van der Waals surface area contributed by atoms with Crippen molar-refractivity contribution in [3.05, 3.63) is 92.6 Å². The Morgan fingerprint density at radius 1 is 1.13 bits per heavy atom. The maximum Gasteiger partial charge on any atom is 0.259 e. The van der Waals surface area contributed by atoms with E-state index in [9.17, 15) is 9.90 Å². The van der Waals surface area contributed by atoms with E-state index in [0.717, 1.165) is 42.8 Å². The normalized spacial score (nSPS) is 15.8. The Kier molecular flexibility index (Phi) is 6.21. The van der Waals surface area contributed by atoms with Crippen LogP contribution in [0, 0.1) is 6.92 Å². The van der Waals surface area contributed by atoms with Gasteiger partial charge in [0.15, 0.2) is 0 Å². The van der Waals surface area contributed by atoms with Crippen LogP contribution in [0.25, 0.3) is 0 Å². The second-order valence-corrected chi connectivity index (χ2v) is 8.32. The Labute approximate surface area is 181 Å². The van der Waals surface area contributed by atoms with Crippen LogP contribution in [0.2, 0.25) is 5.02 Å². The third kappa shape index (κ3) is 4.27. The van der Waals surface area contributed by atoms with Gasteiger partial charge in [0.2, 0.25) is 0 Å². The largest absolute Gasteiger partial charge is 0.507 e. The monoisotopic (exact) mass is 423 g/mol. The van der Waals surface area contributed by atoms with Crippen molar-refractivity contribution in [2.24, 2.45) is 0 Å². The van der Waals surface area contributed by atoms with E-state index in [1.807, 2.05) is 43.3 Å². The first-order valence-electron chi connectivity index (χ1n) is 10.4. The lowest BCUT2D eigenvalue weighted by Gasteiger charge is -2.35. The molecule has 6 heteroatoms. The van der Waals surface area contributed by atoms with Crippen molar-refractivity contribution in [3.63, 3.8) is 0 Å². The van der Waals surface area contributed by atoms with E-state index in [0.29, 0.717) is 17.1 Å². The van der Waals surface area contributed by atoms with Crippen LogP contribution < -0.4 is 5.56 Å². The van der Waals surface area contributed by atoms with Crippen LogP contribution in [0.5, 0.6) is 5.75 Å². The summed E-state index contributed by atoms with van der Waals surface area (Å²) in [5, 5.41) is 11.6. The second-order valence-electron chi connectivity index (χ2n) is 7.89. The van der Waals surface area contributed by atoms with Crippen molar-refractivity contribution in [1.29, 1.82) is 0 Å². The number of nitrogens with zero attached hydrogens (tertiary/aromatic N) is 3. The van der Waals surface area contributed by atoms with E-state index in [1.54, 1.807) is 23.0 Å². The summed E-state index contributed by atoms with van der Waals surface area (Å²) >= 11 is 6.11. The van der Waals surface area contributed by atoms with Crippen LogP contribution in [0.3, 0.4) is 0 Å². The highest BCUT2D eigenvalue weighted by Gasteiger charge is 2.30. The van der Waals surface area contributed by atoms with Gasteiger partial charge in [-0.2, -0.15) is 0 Å². The topological polar surface area (TPSA) is 58.4 Å². The molecule has 0 radical (unpaired) electrons. The molecule has 0 bridgehead atoms. The molecule has 0 amide bonds. The molecule has 2 aromatic heterocycles. The molecule has 3 aromatic rings. The van der Waals surface area contributed by atoms with Gasteiger partial charge < -0.3 is 9.67 Å². The molecule has 1 aromatic carbocycles. The van der Waals surface area contributed by atoms with Gasteiger partial charge in [0.1, 0.15) is 5.75 Å². The molecule has 3 heterocycles. The van der Waals surface area contributed by atoms with E-state index in [1.165, 1.54) is 6.42 Å². The number of pyridine rings is 2. The van der Waals surface area contributed by atoms with E-state index in [4.69, 9.17) is 11.6 Å². The molecule has 0 unspecified atom stereocenters. The maximum absolute atomic E-state index is 13.7. The molecule has 1 fully saturated rings. The van der Waals surface area contributed by atoms with Gasteiger partial charge in [0.05, 0.1) is 18.2 Å². The smallest absolute Gasteiger partial charge is 0.259 e. The van der Waals surface area contributed by atoms with Crippen LogP contribution in [0.4, 0.5) is 0 Å². The fourth-order valence-electron chi connectivity index (χ4n) is 4.28. The first-order chi connectivity index (χ1) is 14.5. The number of aromatic nitrogens is 2. The summed E-state index contributed by atoms with van der Waals surface area (Å²) in [5.41, 5.74) is 2.89. The fourth-order valence-corrected chi connectivity index (χ4v) is 4.40. The lowest BCUT2D eigenvalue weighted by atomic mass is 9.94. The van der Waals surface area contributed by atoms with Crippen molar-refractivity contribution in [3.8, 4) is 5.75 Å². The number of rotatable bonds is 5. The van der Waals surface area contributed by atoms with Crippen LogP contribution in [-0.2, 0) is 6.54 Å². The van der Waals surface area contributed by atoms with Crippen LogP contribution in [-0.4, -0.2) is 32.6 Å². The Bertz CT molecular complexity index is 1060. The van der Waals surface area contributed by atoms with Gasteiger partial charge in [-0.15, -0.1) is 0 Å². The van der Waals surface area contributed by atoms with Gasteiger partial charge in [-0.25, -0.2) is 0 Å². The minimum absolute atomic E-state index is 0.0467. The van der Waals surface area contributed by atoms with Crippen molar-refractivity contribution in [2.45, 2.75) is 38.8 Å². The van der Waals surface area contributed by atoms with Gasteiger partial charge in [-0.1, -0.05) is 36.2 Å². The molecular weight excluding hydrogens is 398 g/mol. The Hall–Kier alpha value is -2.63. The highest BCUT2D eigenvalue weighted by Crippen LogP contribution is 2.34. The molecule has 1 aliphatic rings. The van der Waals surface area contributed by atoms with Gasteiger partial charge in [-0.3, -0.25) is 14.7 Å². The van der Waals surface area contributed by atoms with Crippen LogP contribution in [0.15, 0.2) is 59.7 Å². The van der Waals surface area contributed by atoms with Crippen LogP contribution >= 0.6 is 11.6 Å². The maximum atomic E-state index is 13.7. The highest BCUT2D eigenvalue weighted by molar-refractivity contribution is 6.30. The third-order valence-electron chi connectivity index (χ3n) is 5.80. The zero-order valence-corrected chi connectivity index (χ0v) is 17.8. The van der Waals surface area contributed by atoms with Gasteiger partial charge in [-0.05, 0) is 68.2 Å². The first kappa shape index (κ1) is 20.6. The number of hydrogen-bond acceptors (Lipinski definition) is 4. The molecule has 0 aliphatic carbocycles. The van der Waals surface area contributed by atoms with E-state index in [2.05, 4.69) is 9.88 Å². The van der Waals surface area contributed by atoms with E-state index in [-0.39, 0.29) is 17.4 Å². The lowest BCUT2D eigenvalue weighted by molar-refractivity contribution is 0.183. The number of benzene rings is 1. The number of hydrogen-bond donors (Lipinski definition) is 1. The Balaban J connectivity index is 1.84. The zero-order valence-electron chi connectivity index (χ0n) is 17.1. The molecule has 30 heavy (non-hydrogen) atoms. The van der Waals surface area contributed by atoms with Gasteiger partial charge in [0, 0.05) is 23.1 Å². The van der Waals surface area contributed by atoms with Crippen molar-refractivity contribution in [2.75, 3.05) is 13.1 Å². The molecule has 1 aliphatic heterocycles. The summed E-state index contributed by atoms with van der Waals surface area (Å²) in [7, 11) is 0. The van der Waals surface area contributed by atoms with Crippen molar-refractivity contribution in [1.82, 2.24) is 14.5 Å². The quantitative estimate of drug-likeness (QED) is 0.654. The molecule has 0 spiro atoms. The zero-order chi connectivity index (χ0) is 21.1. The predicted octanol–water partition coefficient (Wildman–Crippen LogP) is 4.53. The summed E-state index contributed by atoms with van der Waals surface area (Å²) in [6.45, 7) is 4.05. The Morgan fingerprint density at radius 3 is 2.53 bits per heavy atom. The predicted molar refractivity (Wildman–Crippen MR) is 119 cm³/mol. The van der Waals surface area contributed by atoms with Gasteiger partial charge in [0.25, 0.3) is 5.56 Å². The molecule has 1 atom stereocenters. The second kappa shape index (κ2) is 9.02. The summed E-state index contributed by atoms with van der Waals surface area (Å²) in [6, 6.07) is 12.8. The summed E-state index contributed by atoms with van der Waals surface area (Å²) < 4.78 is 1.72. The average molecular weight is 424 g/mol. The third-order valence-corrected chi connectivity index (χ3v) is 6.05. The molecular formula is C24H26ClN3O2. The fraction of sp³-hybridized carbons (Fsp3) is 0.333. The Morgan fingerprint density at radius 2 is 1.87 bits per heavy atom. The molecule has 156 valence electrons. The molecule has 4 rings (SSSR count). The minimum Gasteiger partial charge on any atom is -0.507 e. The highest BCUT2D eigenvalue weighted by atomic mass is 35.5. The molecule has 1 saturated heterocycles. The average Bonchev–Trinajstić information content (AvgIpc) is 2.76. The number of likely N-dealkylation sites (tertiary alicyclic amines) is 1. The molecule has 0 saturated carbocycles. The minimum atomic E-state index is -0.309. The standard InChI is InChI=1S/C24H26ClN3O2/c1-17-14-21(29)22(24(30)28(17)16-18-6-5-11-26-15-18)23(27-12-3-2-4-13-27)19-7-9-20(25)10-8-19/h5-11,14-15,23,29H,2-4,12-13,16H2,1H3/t23-/m1/s1. The first-order valence-corrected chi connectivity index (χ1v) is 10.7. The van der Waals surface area contributed by atoms with Gasteiger partial charge >= 0.3 is 0 Å². The number of piperidine rings is 1. The molecule has 1 N–H and O–H groups in total. The SMILES string of the molecule is Cc1cc(O)c([C@@H](c2ccc(Cl)cc2)N2CCCCC2)c(=O)n1Cc1cccnc1. The summed E-state index contributed by atoms with van der Waals surface area (Å²) in [4.78, 5) is 20.1. The number of aryl methyl sites for hydroxylation is 1. The van der Waals surface area contributed by atoms with Crippen molar-refractivity contribution < 1.29 is 5.11 Å².